The summed E-state index contributed by atoms with van der Waals surface area (Å²) in [7, 11) is -3.07. The zero-order chi connectivity index (χ0) is 24.7. The number of alkyl halides is 3. The molecular weight excluding hydrogens is 505 g/mol. The SMILES string of the molecule is Cn1nccc1-c1cc(C(F)(F)F)ccc1Oc1cc(F)c(S(=O)(=O)Nc2ncns2)cc1F. The number of ether oxygens (including phenoxy) is 1. The van der Waals surface area contributed by atoms with E-state index in [1.807, 2.05) is 4.72 Å². The summed E-state index contributed by atoms with van der Waals surface area (Å²) in [5.74, 6) is -3.61. The van der Waals surface area contributed by atoms with E-state index in [4.69, 9.17) is 4.74 Å². The van der Waals surface area contributed by atoms with Crippen molar-refractivity contribution >= 4 is 26.7 Å². The first kappa shape index (κ1) is 23.6. The number of benzene rings is 2. The topological polar surface area (TPSA) is 99.0 Å². The highest BCUT2D eigenvalue weighted by Crippen LogP contribution is 2.39. The van der Waals surface area contributed by atoms with E-state index in [1.54, 1.807) is 0 Å². The van der Waals surface area contributed by atoms with Crippen molar-refractivity contribution < 1.29 is 35.1 Å². The Labute approximate surface area is 192 Å². The number of anilines is 1. The Kier molecular flexibility index (Phi) is 5.99. The molecule has 0 radical (unpaired) electrons. The third-order valence-corrected chi connectivity index (χ3v) is 6.55. The van der Waals surface area contributed by atoms with Crippen molar-refractivity contribution in [3.05, 3.63) is 66.1 Å². The van der Waals surface area contributed by atoms with Gasteiger partial charge in [-0.25, -0.2) is 22.2 Å². The van der Waals surface area contributed by atoms with Crippen molar-refractivity contribution in [2.24, 2.45) is 7.05 Å². The fourth-order valence-electron chi connectivity index (χ4n) is 2.93. The van der Waals surface area contributed by atoms with Crippen LogP contribution in [-0.4, -0.2) is 27.6 Å². The minimum Gasteiger partial charge on any atom is -0.453 e. The monoisotopic (exact) mass is 517 g/mol. The van der Waals surface area contributed by atoms with Crippen LogP contribution < -0.4 is 9.46 Å². The minimum absolute atomic E-state index is 0.0933. The second kappa shape index (κ2) is 8.64. The Bertz CT molecular complexity index is 1450. The zero-order valence-corrected chi connectivity index (χ0v) is 18.5. The molecule has 178 valence electrons. The van der Waals surface area contributed by atoms with E-state index in [9.17, 15) is 30.4 Å². The predicted molar refractivity (Wildman–Crippen MR) is 111 cm³/mol. The van der Waals surface area contributed by atoms with Gasteiger partial charge in [-0.1, -0.05) is 0 Å². The lowest BCUT2D eigenvalue weighted by molar-refractivity contribution is -0.137. The van der Waals surface area contributed by atoms with Crippen molar-refractivity contribution in [3.8, 4) is 22.8 Å². The first-order valence-corrected chi connectivity index (χ1v) is 11.4. The van der Waals surface area contributed by atoms with Crippen molar-refractivity contribution in [2.75, 3.05) is 4.72 Å². The Morgan fingerprint density at radius 3 is 2.44 bits per heavy atom. The average molecular weight is 517 g/mol. The maximum atomic E-state index is 14.7. The van der Waals surface area contributed by atoms with Gasteiger partial charge in [-0.2, -0.15) is 22.6 Å². The van der Waals surface area contributed by atoms with Crippen molar-refractivity contribution in [1.82, 2.24) is 19.1 Å². The molecule has 0 amide bonds. The van der Waals surface area contributed by atoms with Crippen LogP contribution in [0.5, 0.6) is 11.5 Å². The van der Waals surface area contributed by atoms with Gasteiger partial charge in [0, 0.05) is 42.5 Å². The van der Waals surface area contributed by atoms with Crippen LogP contribution in [0.3, 0.4) is 0 Å². The number of hydrogen-bond donors (Lipinski definition) is 1. The lowest BCUT2D eigenvalue weighted by Gasteiger charge is -2.16. The Morgan fingerprint density at radius 2 is 1.82 bits per heavy atom. The summed E-state index contributed by atoms with van der Waals surface area (Å²) in [5, 5.41) is 3.74. The number of aryl methyl sites for hydroxylation is 1. The molecule has 0 aliphatic heterocycles. The summed E-state index contributed by atoms with van der Waals surface area (Å²) in [6.45, 7) is 0. The number of aromatic nitrogens is 4. The van der Waals surface area contributed by atoms with E-state index in [1.165, 1.54) is 24.0 Å². The minimum atomic E-state index is -4.67. The van der Waals surface area contributed by atoms with Crippen LogP contribution in [0.15, 0.2) is 53.8 Å². The number of nitrogens with one attached hydrogen (secondary N) is 1. The molecule has 2 aromatic heterocycles. The van der Waals surface area contributed by atoms with Gasteiger partial charge in [0.2, 0.25) is 5.13 Å². The Hall–Kier alpha value is -3.59. The lowest BCUT2D eigenvalue weighted by Crippen LogP contribution is -2.15. The number of rotatable bonds is 6. The fourth-order valence-corrected chi connectivity index (χ4v) is 4.67. The van der Waals surface area contributed by atoms with Crippen molar-refractivity contribution in [3.63, 3.8) is 0 Å². The van der Waals surface area contributed by atoms with Gasteiger partial charge in [0.15, 0.2) is 11.6 Å². The van der Waals surface area contributed by atoms with E-state index >= 15 is 0 Å². The molecule has 2 aromatic carbocycles. The molecule has 15 heteroatoms. The fraction of sp³-hybridized carbons (Fsp3) is 0.105. The van der Waals surface area contributed by atoms with Gasteiger partial charge < -0.3 is 4.74 Å². The van der Waals surface area contributed by atoms with Gasteiger partial charge in [0.05, 0.1) is 11.3 Å². The van der Waals surface area contributed by atoms with Gasteiger partial charge in [0.25, 0.3) is 10.0 Å². The van der Waals surface area contributed by atoms with Gasteiger partial charge in [-0.3, -0.25) is 9.40 Å². The maximum absolute atomic E-state index is 14.7. The molecular formula is C19H12F5N5O3S2. The number of nitrogens with zero attached hydrogens (tertiary/aromatic N) is 4. The molecule has 0 atom stereocenters. The lowest BCUT2D eigenvalue weighted by atomic mass is 10.1. The summed E-state index contributed by atoms with van der Waals surface area (Å²) >= 11 is 0.684. The second-order valence-electron chi connectivity index (χ2n) is 6.72. The smallest absolute Gasteiger partial charge is 0.416 e. The van der Waals surface area contributed by atoms with Crippen molar-refractivity contribution in [2.45, 2.75) is 11.1 Å². The molecule has 34 heavy (non-hydrogen) atoms. The number of hydrogen-bond acceptors (Lipinski definition) is 7. The van der Waals surface area contributed by atoms with Crippen LogP contribution in [0.25, 0.3) is 11.3 Å². The van der Waals surface area contributed by atoms with Gasteiger partial charge >= 0.3 is 6.18 Å². The average Bonchev–Trinajstić information content (AvgIpc) is 3.41. The van der Waals surface area contributed by atoms with Gasteiger partial charge in [-0.15, -0.1) is 0 Å². The molecule has 4 rings (SSSR count). The van der Waals surface area contributed by atoms with E-state index in [2.05, 4.69) is 14.5 Å². The summed E-state index contributed by atoms with van der Waals surface area (Å²) in [5.41, 5.74) is -0.876. The molecule has 0 fully saturated rings. The van der Waals surface area contributed by atoms with Gasteiger partial charge in [0.1, 0.15) is 22.8 Å². The summed E-state index contributed by atoms with van der Waals surface area (Å²) in [6.07, 6.45) is -2.26. The van der Waals surface area contributed by atoms with E-state index < -0.39 is 44.0 Å². The first-order chi connectivity index (χ1) is 16.0. The molecule has 1 N–H and O–H groups in total. The molecule has 8 nitrogen and oxygen atoms in total. The van der Waals surface area contributed by atoms with Crippen LogP contribution >= 0.6 is 11.5 Å². The van der Waals surface area contributed by atoms with Crippen LogP contribution in [0.2, 0.25) is 0 Å². The quantitative estimate of drug-likeness (QED) is 0.368. The third-order valence-electron chi connectivity index (χ3n) is 4.48. The number of halogens is 5. The standard InChI is InChI=1S/C19H12F5N5O3S2/c1-29-14(4-5-26-29)11-6-10(19(22,23)24)2-3-15(11)32-16-7-13(21)17(8-12(16)20)34(30,31)28-18-25-9-27-33-18/h2-9H,1H3,(H,25,27,28). The van der Waals surface area contributed by atoms with Crippen LogP contribution in [0, 0.1) is 11.6 Å². The third kappa shape index (κ3) is 4.70. The molecule has 0 aliphatic rings. The Morgan fingerprint density at radius 1 is 1.06 bits per heavy atom. The molecule has 4 aromatic rings. The summed E-state index contributed by atoms with van der Waals surface area (Å²) in [6, 6.07) is 4.73. The van der Waals surface area contributed by atoms with E-state index in [-0.39, 0.29) is 22.1 Å². The molecule has 2 heterocycles. The molecule has 0 saturated heterocycles. The van der Waals surface area contributed by atoms with E-state index in [0.29, 0.717) is 29.7 Å². The highest BCUT2D eigenvalue weighted by molar-refractivity contribution is 7.93. The molecule has 0 bridgehead atoms. The van der Waals surface area contributed by atoms with Gasteiger partial charge in [-0.05, 0) is 24.3 Å². The first-order valence-electron chi connectivity index (χ1n) is 9.12. The Balaban J connectivity index is 1.73. The zero-order valence-electron chi connectivity index (χ0n) is 16.8. The van der Waals surface area contributed by atoms with Crippen molar-refractivity contribution in [1.29, 1.82) is 0 Å². The summed E-state index contributed by atoms with van der Waals surface area (Å²) < 4.78 is 106. The molecule has 0 saturated carbocycles. The predicted octanol–water partition coefficient (Wildman–Crippen LogP) is 4.83. The normalized spacial score (nSPS) is 12.1. The second-order valence-corrected chi connectivity index (χ2v) is 9.15. The summed E-state index contributed by atoms with van der Waals surface area (Å²) in [4.78, 5) is 2.59. The number of sulfonamides is 1. The van der Waals surface area contributed by atoms with Crippen LogP contribution in [0.1, 0.15) is 5.56 Å². The highest BCUT2D eigenvalue weighted by atomic mass is 32.2. The largest absolute Gasteiger partial charge is 0.453 e. The highest BCUT2D eigenvalue weighted by Gasteiger charge is 2.32. The maximum Gasteiger partial charge on any atom is 0.416 e. The van der Waals surface area contributed by atoms with E-state index in [0.717, 1.165) is 18.5 Å². The van der Waals surface area contributed by atoms with Crippen LogP contribution in [-0.2, 0) is 23.2 Å². The molecule has 0 aliphatic carbocycles. The molecule has 0 unspecified atom stereocenters. The van der Waals surface area contributed by atoms with Crippen LogP contribution in [0.4, 0.5) is 27.1 Å². The molecule has 0 spiro atoms.